The number of aromatic nitrogens is 2. The molecule has 0 fully saturated rings. The van der Waals surface area contributed by atoms with Gasteiger partial charge in [-0.1, -0.05) is 23.9 Å². The van der Waals surface area contributed by atoms with E-state index < -0.39 is 22.6 Å². The molecule has 11 heteroatoms. The Morgan fingerprint density at radius 1 is 1.28 bits per heavy atom. The van der Waals surface area contributed by atoms with Gasteiger partial charge < -0.3 is 20.5 Å². The van der Waals surface area contributed by atoms with E-state index in [1.807, 2.05) is 0 Å². The van der Waals surface area contributed by atoms with Gasteiger partial charge in [0, 0.05) is 30.6 Å². The smallest absolute Gasteiger partial charge is 0.347 e. The number of para-hydroxylation sites is 1. The van der Waals surface area contributed by atoms with Crippen molar-refractivity contribution < 1.29 is 22.8 Å². The molecule has 0 aliphatic carbocycles. The van der Waals surface area contributed by atoms with Crippen LogP contribution in [-0.2, 0) is 23.0 Å². The maximum atomic E-state index is 13.0. The Hall–Kier alpha value is -3.47. The highest BCUT2D eigenvalue weighted by molar-refractivity contribution is 8.00. The summed E-state index contributed by atoms with van der Waals surface area (Å²) >= 11 is 1.29. The fourth-order valence-electron chi connectivity index (χ4n) is 3.39. The molecule has 1 aliphatic heterocycles. The molecule has 2 amide bonds. The molecule has 1 radical (unpaired) electrons. The largest absolute Gasteiger partial charge is 0.416 e. The maximum Gasteiger partial charge on any atom is 0.416 e. The second-order valence-corrected chi connectivity index (χ2v) is 8.36. The average Bonchev–Trinajstić information content (AvgIpc) is 3.30. The zero-order valence-corrected chi connectivity index (χ0v) is 17.7. The molecule has 0 bridgehead atoms. The molecule has 0 spiro atoms. The van der Waals surface area contributed by atoms with Crippen molar-refractivity contribution in [2.45, 2.75) is 23.0 Å². The number of benzene rings is 2. The molecule has 1 aromatic heterocycles. The standard InChI is InChI=1S/C21H17F3N5O2S/c1-12(30)27-21(17-10-25-11-29(17)2)28-18-15(7-4-8-16(18)32-21)19(31)26-14-6-3-5-13(9-14)20(22,23)24/h3-5,7-11,28H,1-2H3,(H,26,31)(H,27,30). The molecule has 3 N–H and O–H groups in total. The van der Waals surface area contributed by atoms with E-state index in [4.69, 9.17) is 0 Å². The van der Waals surface area contributed by atoms with Crippen LogP contribution in [0.5, 0.6) is 0 Å². The molecule has 1 atom stereocenters. The molecular formula is C21H17F3N5O2S. The summed E-state index contributed by atoms with van der Waals surface area (Å²) in [6.07, 6.45) is -1.36. The van der Waals surface area contributed by atoms with E-state index in [1.54, 1.807) is 42.3 Å². The number of anilines is 2. The third-order valence-electron chi connectivity index (χ3n) is 4.74. The number of halogens is 3. The highest BCUT2D eigenvalue weighted by atomic mass is 32.2. The Kier molecular flexibility index (Phi) is 5.37. The second-order valence-electron chi connectivity index (χ2n) is 7.10. The number of nitrogens with zero attached hydrogens (tertiary/aromatic N) is 2. The van der Waals surface area contributed by atoms with Gasteiger partial charge in [-0.05, 0) is 24.3 Å². The fraction of sp³-hybridized carbons (Fsp3) is 0.190. The number of imidazole rings is 1. The van der Waals surface area contributed by atoms with Crippen LogP contribution in [-0.4, -0.2) is 21.4 Å². The number of carbonyl (C=O) groups excluding carboxylic acids is 2. The molecule has 4 rings (SSSR count). The molecule has 165 valence electrons. The Morgan fingerprint density at radius 3 is 2.72 bits per heavy atom. The summed E-state index contributed by atoms with van der Waals surface area (Å²) in [6.45, 7) is 1.38. The molecular weight excluding hydrogens is 443 g/mol. The first kappa shape index (κ1) is 21.8. The molecule has 0 saturated heterocycles. The summed E-state index contributed by atoms with van der Waals surface area (Å²) in [5.41, 5.74) is 0.297. The summed E-state index contributed by atoms with van der Waals surface area (Å²) in [4.78, 5) is 28.6. The van der Waals surface area contributed by atoms with Crippen molar-refractivity contribution in [2.75, 3.05) is 10.6 Å². The third kappa shape index (κ3) is 4.03. The van der Waals surface area contributed by atoms with Crippen molar-refractivity contribution in [3.8, 4) is 0 Å². The molecule has 3 aromatic rings. The van der Waals surface area contributed by atoms with Gasteiger partial charge in [-0.15, -0.1) is 0 Å². The van der Waals surface area contributed by atoms with Gasteiger partial charge in [-0.25, -0.2) is 4.98 Å². The SMILES string of the molecule is CC(=O)NC1(c2cncn2C)Nc2c(cccc2C(=O)Nc2[c]ccc(C(F)(F)F)c2)S1. The van der Waals surface area contributed by atoms with Crippen molar-refractivity contribution in [3.05, 3.63) is 71.8 Å². The lowest BCUT2D eigenvalue weighted by molar-refractivity contribution is -0.137. The number of rotatable bonds is 4. The first-order valence-electron chi connectivity index (χ1n) is 9.35. The molecule has 7 nitrogen and oxygen atoms in total. The van der Waals surface area contributed by atoms with E-state index in [0.29, 0.717) is 16.3 Å². The highest BCUT2D eigenvalue weighted by Gasteiger charge is 2.44. The van der Waals surface area contributed by atoms with Crippen LogP contribution < -0.4 is 16.0 Å². The number of nitrogens with one attached hydrogen (secondary N) is 3. The van der Waals surface area contributed by atoms with Crippen molar-refractivity contribution in [2.24, 2.45) is 7.05 Å². The van der Waals surface area contributed by atoms with Crippen LogP contribution >= 0.6 is 11.8 Å². The van der Waals surface area contributed by atoms with Crippen LogP contribution in [0.4, 0.5) is 24.5 Å². The van der Waals surface area contributed by atoms with E-state index in [0.717, 1.165) is 18.2 Å². The second kappa shape index (κ2) is 7.90. The number of hydrogen-bond donors (Lipinski definition) is 3. The summed E-state index contributed by atoms with van der Waals surface area (Å²) in [6, 6.07) is 10.4. The molecule has 0 saturated carbocycles. The Morgan fingerprint density at radius 2 is 2.06 bits per heavy atom. The minimum absolute atomic E-state index is 0.104. The van der Waals surface area contributed by atoms with E-state index in [1.165, 1.54) is 18.7 Å². The van der Waals surface area contributed by atoms with Gasteiger partial charge in [0.15, 0.2) is 0 Å². The molecule has 1 aliphatic rings. The third-order valence-corrected chi connectivity index (χ3v) is 6.02. The minimum Gasteiger partial charge on any atom is -0.347 e. The normalized spacial score (nSPS) is 17.4. The number of fused-ring (bicyclic) bond motifs is 1. The predicted molar refractivity (Wildman–Crippen MR) is 113 cm³/mol. The monoisotopic (exact) mass is 460 g/mol. The highest BCUT2D eigenvalue weighted by Crippen LogP contribution is 2.50. The van der Waals surface area contributed by atoms with E-state index in [-0.39, 0.29) is 17.2 Å². The van der Waals surface area contributed by atoms with Gasteiger partial charge in [0.1, 0.15) is 0 Å². The number of aryl methyl sites for hydroxylation is 1. The molecule has 2 heterocycles. The number of thioether (sulfide) groups is 1. The van der Waals surface area contributed by atoms with Gasteiger partial charge >= 0.3 is 6.18 Å². The van der Waals surface area contributed by atoms with Crippen LogP contribution in [0, 0.1) is 6.07 Å². The first-order chi connectivity index (χ1) is 15.1. The minimum atomic E-state index is -4.54. The maximum absolute atomic E-state index is 13.0. The predicted octanol–water partition coefficient (Wildman–Crippen LogP) is 3.96. The topological polar surface area (TPSA) is 88.1 Å². The van der Waals surface area contributed by atoms with Crippen molar-refractivity contribution in [3.63, 3.8) is 0 Å². The van der Waals surface area contributed by atoms with Crippen molar-refractivity contribution in [1.29, 1.82) is 0 Å². The van der Waals surface area contributed by atoms with Gasteiger partial charge in [-0.2, -0.15) is 13.2 Å². The Balaban J connectivity index is 1.67. The number of amides is 2. The Bertz CT molecular complexity index is 1210. The number of carbonyl (C=O) groups is 2. The zero-order chi connectivity index (χ0) is 23.1. The summed E-state index contributed by atoms with van der Waals surface area (Å²) in [5.74, 6) is -0.919. The van der Waals surface area contributed by atoms with Crippen molar-refractivity contribution >= 4 is 35.0 Å². The first-order valence-corrected chi connectivity index (χ1v) is 10.2. The quantitative estimate of drug-likeness (QED) is 0.549. The summed E-state index contributed by atoms with van der Waals surface area (Å²) in [7, 11) is 1.77. The van der Waals surface area contributed by atoms with Crippen LogP contribution in [0.2, 0.25) is 0 Å². The van der Waals surface area contributed by atoms with Gasteiger partial charge in [0.25, 0.3) is 5.91 Å². The Labute approximate surface area is 185 Å². The lowest BCUT2D eigenvalue weighted by atomic mass is 10.1. The number of hydrogen-bond acceptors (Lipinski definition) is 5. The van der Waals surface area contributed by atoms with E-state index >= 15 is 0 Å². The van der Waals surface area contributed by atoms with Crippen molar-refractivity contribution in [1.82, 2.24) is 14.9 Å². The van der Waals surface area contributed by atoms with Gasteiger partial charge in [0.2, 0.25) is 10.9 Å². The van der Waals surface area contributed by atoms with Crippen LogP contribution in [0.25, 0.3) is 0 Å². The van der Waals surface area contributed by atoms with Crippen LogP contribution in [0.1, 0.15) is 28.5 Å². The molecule has 2 aromatic carbocycles. The van der Waals surface area contributed by atoms with Gasteiger partial charge in [-0.3, -0.25) is 9.59 Å². The zero-order valence-electron chi connectivity index (χ0n) is 16.9. The number of alkyl halides is 3. The average molecular weight is 460 g/mol. The van der Waals surface area contributed by atoms with Crippen LogP contribution in [0.15, 0.2) is 53.8 Å². The molecule has 32 heavy (non-hydrogen) atoms. The van der Waals surface area contributed by atoms with E-state index in [9.17, 15) is 22.8 Å². The lowest BCUT2D eigenvalue weighted by Gasteiger charge is -2.30. The molecule has 1 unspecified atom stereocenters. The fourth-order valence-corrected chi connectivity index (χ4v) is 4.78. The van der Waals surface area contributed by atoms with E-state index in [2.05, 4.69) is 27.0 Å². The lowest BCUT2D eigenvalue weighted by Crippen LogP contribution is -2.47. The van der Waals surface area contributed by atoms with Gasteiger partial charge in [0.05, 0.1) is 35.0 Å². The van der Waals surface area contributed by atoms with Crippen LogP contribution in [0.3, 0.4) is 0 Å². The summed E-state index contributed by atoms with van der Waals surface area (Å²) < 4.78 is 40.7. The summed E-state index contributed by atoms with van der Waals surface area (Å²) in [5, 5.41) is 8.55.